The van der Waals surface area contributed by atoms with E-state index >= 15 is 0 Å². The van der Waals surface area contributed by atoms with Crippen LogP contribution in [-0.2, 0) is 12.3 Å². The van der Waals surface area contributed by atoms with Crippen LogP contribution < -0.4 is 5.73 Å². The summed E-state index contributed by atoms with van der Waals surface area (Å²) >= 11 is 0. The van der Waals surface area contributed by atoms with Gasteiger partial charge in [-0.05, 0) is 24.1 Å². The first-order valence-corrected chi connectivity index (χ1v) is 6.47. The van der Waals surface area contributed by atoms with Gasteiger partial charge in [0.25, 0.3) is 0 Å². The van der Waals surface area contributed by atoms with Crippen molar-refractivity contribution in [3.8, 4) is 0 Å². The van der Waals surface area contributed by atoms with Crippen molar-refractivity contribution in [2.24, 2.45) is 0 Å². The number of nitrogen functional groups attached to an aromatic ring is 1. The lowest BCUT2D eigenvalue weighted by atomic mass is 10.1. The van der Waals surface area contributed by atoms with Gasteiger partial charge >= 0.3 is 18.6 Å². The van der Waals surface area contributed by atoms with Crippen LogP contribution in [0.25, 0.3) is 0 Å². The maximum absolute atomic E-state index is 13.4. The van der Waals surface area contributed by atoms with Gasteiger partial charge in [0, 0.05) is 12.1 Å². The first-order valence-electron chi connectivity index (χ1n) is 6.47. The van der Waals surface area contributed by atoms with Gasteiger partial charge in [0.05, 0.1) is 0 Å². The van der Waals surface area contributed by atoms with Crippen LogP contribution in [0.4, 0.5) is 36.4 Å². The molecule has 0 amide bonds. The second kappa shape index (κ2) is 5.95. The molecule has 0 spiro atoms. The Kier molecular flexibility index (Phi) is 4.46. The van der Waals surface area contributed by atoms with Crippen LogP contribution in [-0.4, -0.2) is 20.9 Å². The highest BCUT2D eigenvalue weighted by atomic mass is 19.4. The number of halogens is 7. The van der Waals surface area contributed by atoms with Crippen LogP contribution in [0.3, 0.4) is 0 Å². The van der Waals surface area contributed by atoms with Crippen molar-refractivity contribution in [2.45, 2.75) is 32.0 Å². The Bertz CT molecular complexity index is 736. The Morgan fingerprint density at radius 3 is 2.29 bits per heavy atom. The zero-order valence-electron chi connectivity index (χ0n) is 12.1. The summed E-state index contributed by atoms with van der Waals surface area (Å²) in [5.74, 6) is -8.28. The fraction of sp³-hybridized carbons (Fsp3) is 0.385. The maximum atomic E-state index is 13.4. The number of nitrogens with zero attached hydrogens (tertiary/aromatic N) is 3. The molecule has 0 atom stereocenters. The molecule has 1 aromatic heterocycles. The molecule has 2 aromatic rings. The van der Waals surface area contributed by atoms with E-state index in [2.05, 4.69) is 10.1 Å². The lowest BCUT2D eigenvalue weighted by molar-refractivity contribution is -0.294. The number of hydrogen-bond donors (Lipinski definition) is 1. The minimum Gasteiger partial charge on any atom is -0.399 e. The molecule has 0 saturated heterocycles. The van der Waals surface area contributed by atoms with Gasteiger partial charge in [0.1, 0.15) is 0 Å². The van der Waals surface area contributed by atoms with E-state index in [4.69, 9.17) is 5.73 Å². The van der Waals surface area contributed by atoms with Crippen LogP contribution in [0.1, 0.15) is 29.3 Å². The predicted octanol–water partition coefficient (Wildman–Crippen LogP) is 3.81. The van der Waals surface area contributed by atoms with Crippen LogP contribution in [0.15, 0.2) is 18.2 Å². The molecule has 0 aliphatic rings. The summed E-state index contributed by atoms with van der Waals surface area (Å²) in [6.07, 6.45) is -6.37. The fourth-order valence-corrected chi connectivity index (χ4v) is 1.95. The predicted molar refractivity (Wildman–Crippen MR) is 69.6 cm³/mol. The molecular weight excluding hydrogens is 345 g/mol. The van der Waals surface area contributed by atoms with E-state index in [1.807, 2.05) is 0 Å². The van der Waals surface area contributed by atoms with E-state index in [1.54, 1.807) is 6.92 Å². The molecule has 0 saturated carbocycles. The van der Waals surface area contributed by atoms with Crippen molar-refractivity contribution < 1.29 is 30.7 Å². The number of hydrogen-bond acceptors (Lipinski definition) is 3. The van der Waals surface area contributed by atoms with Crippen molar-refractivity contribution in [1.29, 1.82) is 0 Å². The van der Waals surface area contributed by atoms with Crippen LogP contribution in [0.5, 0.6) is 0 Å². The Labute approximate surface area is 131 Å². The van der Waals surface area contributed by atoms with E-state index in [-0.39, 0.29) is 6.42 Å². The SMILES string of the molecule is Cc1cc(Cc2nc(C(F)(F)C(F)(F)F)n(C(F)F)n2)ccc1N. The number of benzene rings is 1. The highest BCUT2D eigenvalue weighted by Crippen LogP contribution is 2.43. The average Bonchev–Trinajstić information content (AvgIpc) is 2.86. The summed E-state index contributed by atoms with van der Waals surface area (Å²) in [5, 5.41) is 3.08. The second-order valence-electron chi connectivity index (χ2n) is 5.01. The first-order chi connectivity index (χ1) is 10.9. The third-order valence-corrected chi connectivity index (χ3v) is 3.19. The zero-order chi connectivity index (χ0) is 18.3. The second-order valence-corrected chi connectivity index (χ2v) is 5.01. The zero-order valence-corrected chi connectivity index (χ0v) is 12.1. The highest BCUT2D eigenvalue weighted by molar-refractivity contribution is 5.48. The largest absolute Gasteiger partial charge is 0.461 e. The quantitative estimate of drug-likeness (QED) is 0.670. The van der Waals surface area contributed by atoms with Gasteiger partial charge in [-0.25, -0.2) is 4.98 Å². The Hall–Kier alpha value is -2.33. The molecule has 1 aromatic carbocycles. The van der Waals surface area contributed by atoms with E-state index in [0.29, 0.717) is 16.8 Å². The van der Waals surface area contributed by atoms with Crippen molar-refractivity contribution in [3.63, 3.8) is 0 Å². The van der Waals surface area contributed by atoms with Crippen molar-refractivity contribution in [2.75, 3.05) is 5.73 Å². The summed E-state index contributed by atoms with van der Waals surface area (Å²) in [5.41, 5.74) is 7.09. The monoisotopic (exact) mass is 356 g/mol. The molecule has 0 aliphatic carbocycles. The molecule has 1 heterocycles. The summed E-state index contributed by atoms with van der Waals surface area (Å²) < 4.78 is 88.7. The molecule has 132 valence electrons. The Morgan fingerprint density at radius 2 is 1.79 bits per heavy atom. The minimum atomic E-state index is -6.07. The van der Waals surface area contributed by atoms with Crippen molar-refractivity contribution in [1.82, 2.24) is 14.8 Å². The number of anilines is 1. The topological polar surface area (TPSA) is 56.7 Å². The molecule has 2 rings (SSSR count). The Morgan fingerprint density at radius 1 is 1.17 bits per heavy atom. The van der Waals surface area contributed by atoms with E-state index in [0.717, 1.165) is 0 Å². The third-order valence-electron chi connectivity index (χ3n) is 3.19. The summed E-state index contributed by atoms with van der Waals surface area (Å²) in [6.45, 7) is -2.05. The van der Waals surface area contributed by atoms with Crippen molar-refractivity contribution >= 4 is 5.69 Å². The molecule has 0 unspecified atom stereocenters. The molecule has 4 nitrogen and oxygen atoms in total. The maximum Gasteiger partial charge on any atom is 0.461 e. The molecule has 0 fully saturated rings. The van der Waals surface area contributed by atoms with Gasteiger partial charge in [0.15, 0.2) is 5.82 Å². The standard InChI is InChI=1S/C13H11F7N4/c1-6-4-7(2-3-8(6)21)5-9-22-10(24(23-9)11(14)15)12(16,17)13(18,19)20/h2-4,11H,5,21H2,1H3. The highest BCUT2D eigenvalue weighted by Gasteiger charge is 2.62. The lowest BCUT2D eigenvalue weighted by Gasteiger charge is -2.18. The number of rotatable bonds is 4. The van der Waals surface area contributed by atoms with Gasteiger partial charge in [0.2, 0.25) is 5.82 Å². The van der Waals surface area contributed by atoms with E-state index in [9.17, 15) is 30.7 Å². The van der Waals surface area contributed by atoms with E-state index < -0.39 is 35.0 Å². The van der Waals surface area contributed by atoms with Gasteiger partial charge in [-0.3, -0.25) is 0 Å². The molecule has 0 bridgehead atoms. The molecule has 11 heteroatoms. The number of alkyl halides is 7. The van der Waals surface area contributed by atoms with E-state index in [1.165, 1.54) is 18.2 Å². The van der Waals surface area contributed by atoms with Crippen LogP contribution >= 0.6 is 0 Å². The van der Waals surface area contributed by atoms with Gasteiger partial charge in [-0.2, -0.15) is 40.5 Å². The molecular formula is C13H11F7N4. The fourth-order valence-electron chi connectivity index (χ4n) is 1.95. The average molecular weight is 356 g/mol. The smallest absolute Gasteiger partial charge is 0.399 e. The number of aryl methyl sites for hydroxylation is 1. The Balaban J connectivity index is 2.43. The number of nitrogens with two attached hydrogens (primary N) is 1. The molecule has 0 aliphatic heterocycles. The van der Waals surface area contributed by atoms with Gasteiger partial charge in [-0.1, -0.05) is 12.1 Å². The molecule has 2 N–H and O–H groups in total. The normalized spacial score (nSPS) is 12.9. The van der Waals surface area contributed by atoms with Gasteiger partial charge in [-0.15, -0.1) is 0 Å². The molecule has 0 radical (unpaired) electrons. The number of aromatic nitrogens is 3. The van der Waals surface area contributed by atoms with Crippen molar-refractivity contribution in [3.05, 3.63) is 41.0 Å². The summed E-state index contributed by atoms with van der Waals surface area (Å²) in [6, 6.07) is 4.48. The third kappa shape index (κ3) is 3.29. The first kappa shape index (κ1) is 18.0. The van der Waals surface area contributed by atoms with Gasteiger partial charge < -0.3 is 5.73 Å². The van der Waals surface area contributed by atoms with Crippen LogP contribution in [0, 0.1) is 6.92 Å². The summed E-state index contributed by atoms with van der Waals surface area (Å²) in [4.78, 5) is 2.99. The minimum absolute atomic E-state index is 0.304. The summed E-state index contributed by atoms with van der Waals surface area (Å²) in [7, 11) is 0. The van der Waals surface area contributed by atoms with Crippen LogP contribution in [0.2, 0.25) is 0 Å². The molecule has 24 heavy (non-hydrogen) atoms. The lowest BCUT2D eigenvalue weighted by Crippen LogP contribution is -2.36.